The minimum absolute atomic E-state index is 0.417. The highest BCUT2D eigenvalue weighted by molar-refractivity contribution is 4.95. The van der Waals surface area contributed by atoms with Crippen LogP contribution in [0.15, 0.2) is 37.2 Å². The fraction of sp³-hybridized carbons (Fsp3) is 0.250. The predicted molar refractivity (Wildman–Crippen MR) is 39.3 cm³/mol. The van der Waals surface area contributed by atoms with Gasteiger partial charge in [-0.1, -0.05) is 6.08 Å². The first kappa shape index (κ1) is 6.14. The largest absolute Gasteiger partial charge is 0.348 e. The molecule has 0 fully saturated rings. The molecule has 0 radical (unpaired) electrons. The second-order valence-corrected chi connectivity index (χ2v) is 2.11. The lowest BCUT2D eigenvalue weighted by Crippen LogP contribution is -1.96. The molecule has 0 aromatic carbocycles. The number of aromatic nitrogens is 1. The highest BCUT2D eigenvalue weighted by Gasteiger charge is 1.92. The van der Waals surface area contributed by atoms with E-state index in [9.17, 15) is 0 Å². The molecule has 1 heteroatoms. The highest BCUT2D eigenvalue weighted by atomic mass is 15.0. The Labute approximate surface area is 55.6 Å². The Balaban J connectivity index is 2.76. The molecule has 1 heterocycles. The number of hydrogen-bond donors (Lipinski definition) is 0. The molecule has 1 atom stereocenters. The zero-order valence-electron chi connectivity index (χ0n) is 5.62. The highest BCUT2D eigenvalue weighted by Crippen LogP contribution is 2.04. The first-order chi connectivity index (χ1) is 4.34. The van der Waals surface area contributed by atoms with E-state index in [1.54, 1.807) is 0 Å². The van der Waals surface area contributed by atoms with Crippen LogP contribution in [0.4, 0.5) is 0 Å². The molecule has 9 heavy (non-hydrogen) atoms. The average Bonchev–Trinajstić information content (AvgIpc) is 2.37. The quantitative estimate of drug-likeness (QED) is 0.529. The van der Waals surface area contributed by atoms with E-state index in [-0.39, 0.29) is 0 Å². The maximum atomic E-state index is 3.70. The van der Waals surface area contributed by atoms with E-state index < -0.39 is 0 Å². The van der Waals surface area contributed by atoms with Gasteiger partial charge in [-0.05, 0) is 19.1 Å². The lowest BCUT2D eigenvalue weighted by molar-refractivity contribution is 0.666. The fourth-order valence-corrected chi connectivity index (χ4v) is 0.741. The normalized spacial score (nSPS) is 13.0. The molecule has 0 amide bonds. The van der Waals surface area contributed by atoms with Crippen LogP contribution in [-0.4, -0.2) is 4.57 Å². The Morgan fingerprint density at radius 1 is 1.44 bits per heavy atom. The topological polar surface area (TPSA) is 4.93 Å². The second kappa shape index (κ2) is 2.53. The molecule has 48 valence electrons. The van der Waals surface area contributed by atoms with Gasteiger partial charge in [0.15, 0.2) is 0 Å². The molecule has 0 aliphatic rings. The molecule has 0 aliphatic carbocycles. The molecule has 1 rings (SSSR count). The molecule has 0 aliphatic heterocycles. The van der Waals surface area contributed by atoms with Gasteiger partial charge in [-0.15, -0.1) is 6.58 Å². The van der Waals surface area contributed by atoms with Crippen molar-refractivity contribution >= 4 is 0 Å². The van der Waals surface area contributed by atoms with Crippen molar-refractivity contribution in [2.45, 2.75) is 13.0 Å². The summed E-state index contributed by atoms with van der Waals surface area (Å²) < 4.78 is 2.10. The molecule has 0 saturated heterocycles. The van der Waals surface area contributed by atoms with Crippen LogP contribution >= 0.6 is 0 Å². The van der Waals surface area contributed by atoms with Gasteiger partial charge in [0, 0.05) is 18.4 Å². The summed E-state index contributed by atoms with van der Waals surface area (Å²) in [5.74, 6) is 0. The van der Waals surface area contributed by atoms with E-state index in [2.05, 4.69) is 18.1 Å². The van der Waals surface area contributed by atoms with Gasteiger partial charge in [-0.3, -0.25) is 0 Å². The molecular weight excluding hydrogens is 110 g/mol. The lowest BCUT2D eigenvalue weighted by atomic mass is 10.3. The number of rotatable bonds is 2. The van der Waals surface area contributed by atoms with Gasteiger partial charge in [0.05, 0.1) is 0 Å². The third-order valence-electron chi connectivity index (χ3n) is 1.44. The Morgan fingerprint density at radius 3 is 2.44 bits per heavy atom. The summed E-state index contributed by atoms with van der Waals surface area (Å²) >= 11 is 0. The van der Waals surface area contributed by atoms with Gasteiger partial charge < -0.3 is 4.57 Å². The smallest absolute Gasteiger partial charge is 0.0479 e. The first-order valence-electron chi connectivity index (χ1n) is 3.09. The van der Waals surface area contributed by atoms with Gasteiger partial charge >= 0.3 is 0 Å². The van der Waals surface area contributed by atoms with E-state index in [0.29, 0.717) is 6.04 Å². The number of allylic oxidation sites excluding steroid dienone is 1. The lowest BCUT2D eigenvalue weighted by Gasteiger charge is -2.05. The van der Waals surface area contributed by atoms with Crippen LogP contribution in [0.25, 0.3) is 0 Å². The number of nitrogens with zero attached hydrogens (tertiary/aromatic N) is 1. The number of hydrogen-bond acceptors (Lipinski definition) is 0. The van der Waals surface area contributed by atoms with E-state index in [0.717, 1.165) is 0 Å². The van der Waals surface area contributed by atoms with Crippen LogP contribution in [-0.2, 0) is 0 Å². The van der Waals surface area contributed by atoms with Crippen molar-refractivity contribution in [2.24, 2.45) is 0 Å². The Hall–Kier alpha value is -0.980. The molecule has 0 saturated carbocycles. The SMILES string of the molecule is C=C[C@@H](C)n1cccc1. The average molecular weight is 121 g/mol. The van der Waals surface area contributed by atoms with Gasteiger partial charge in [0.25, 0.3) is 0 Å². The fourth-order valence-electron chi connectivity index (χ4n) is 0.741. The molecule has 1 nitrogen and oxygen atoms in total. The van der Waals surface area contributed by atoms with Gasteiger partial charge in [-0.25, -0.2) is 0 Å². The predicted octanol–water partition coefficient (Wildman–Crippen LogP) is 2.24. The van der Waals surface area contributed by atoms with Crippen LogP contribution in [0, 0.1) is 0 Å². The standard InChI is InChI=1S/C8H11N/c1-3-8(2)9-6-4-5-7-9/h3-8H,1H2,2H3/t8-/m1/s1. The second-order valence-electron chi connectivity index (χ2n) is 2.11. The summed E-state index contributed by atoms with van der Waals surface area (Å²) in [6.07, 6.45) is 5.98. The summed E-state index contributed by atoms with van der Waals surface area (Å²) in [5, 5.41) is 0. The van der Waals surface area contributed by atoms with E-state index in [1.807, 2.05) is 30.6 Å². The first-order valence-corrected chi connectivity index (χ1v) is 3.09. The van der Waals surface area contributed by atoms with Gasteiger partial charge in [0.2, 0.25) is 0 Å². The zero-order valence-corrected chi connectivity index (χ0v) is 5.62. The monoisotopic (exact) mass is 121 g/mol. The third kappa shape index (κ3) is 1.22. The van der Waals surface area contributed by atoms with Crippen molar-refractivity contribution in [3.63, 3.8) is 0 Å². The maximum absolute atomic E-state index is 3.70. The van der Waals surface area contributed by atoms with Crippen molar-refractivity contribution in [1.82, 2.24) is 4.57 Å². The van der Waals surface area contributed by atoms with Gasteiger partial charge in [-0.2, -0.15) is 0 Å². The van der Waals surface area contributed by atoms with Crippen molar-refractivity contribution in [2.75, 3.05) is 0 Å². The Kier molecular flexibility index (Phi) is 1.73. The van der Waals surface area contributed by atoms with Crippen LogP contribution in [0.2, 0.25) is 0 Å². The summed E-state index contributed by atoms with van der Waals surface area (Å²) in [6.45, 7) is 5.80. The van der Waals surface area contributed by atoms with E-state index in [4.69, 9.17) is 0 Å². The van der Waals surface area contributed by atoms with E-state index >= 15 is 0 Å². The zero-order chi connectivity index (χ0) is 6.69. The van der Waals surface area contributed by atoms with Crippen molar-refractivity contribution < 1.29 is 0 Å². The molecule has 0 spiro atoms. The van der Waals surface area contributed by atoms with E-state index in [1.165, 1.54) is 0 Å². The molecule has 0 bridgehead atoms. The molecule has 1 aromatic heterocycles. The van der Waals surface area contributed by atoms with Crippen molar-refractivity contribution in [3.05, 3.63) is 37.2 Å². The Morgan fingerprint density at radius 2 is 2.00 bits per heavy atom. The summed E-state index contributed by atoms with van der Waals surface area (Å²) in [7, 11) is 0. The van der Waals surface area contributed by atoms with Crippen LogP contribution in [0.1, 0.15) is 13.0 Å². The minimum Gasteiger partial charge on any atom is -0.348 e. The minimum atomic E-state index is 0.417. The molecule has 0 unspecified atom stereocenters. The third-order valence-corrected chi connectivity index (χ3v) is 1.44. The molecule has 0 N–H and O–H groups in total. The summed E-state index contributed by atoms with van der Waals surface area (Å²) in [5.41, 5.74) is 0. The molecular formula is C8H11N. The van der Waals surface area contributed by atoms with Crippen molar-refractivity contribution in [3.8, 4) is 0 Å². The molecule has 1 aromatic rings. The van der Waals surface area contributed by atoms with Crippen LogP contribution < -0.4 is 0 Å². The Bertz CT molecular complexity index is 174. The van der Waals surface area contributed by atoms with Crippen molar-refractivity contribution in [1.29, 1.82) is 0 Å². The van der Waals surface area contributed by atoms with Crippen LogP contribution in [0.5, 0.6) is 0 Å². The van der Waals surface area contributed by atoms with Crippen LogP contribution in [0.3, 0.4) is 0 Å². The summed E-state index contributed by atoms with van der Waals surface area (Å²) in [4.78, 5) is 0. The summed E-state index contributed by atoms with van der Waals surface area (Å²) in [6, 6.07) is 4.44. The van der Waals surface area contributed by atoms with Gasteiger partial charge in [0.1, 0.15) is 0 Å². The maximum Gasteiger partial charge on any atom is 0.0479 e.